The number of rotatable bonds is 3. The number of pyridine rings is 1. The zero-order valence-corrected chi connectivity index (χ0v) is 15.3. The Labute approximate surface area is 158 Å². The van der Waals surface area contributed by atoms with Crippen LogP contribution in [0.15, 0.2) is 24.4 Å². The molecule has 4 aliphatic heterocycles. The molecule has 5 rings (SSSR count). The minimum atomic E-state index is -1.00. The van der Waals surface area contributed by atoms with E-state index in [0.29, 0.717) is 45.7 Å². The van der Waals surface area contributed by atoms with Gasteiger partial charge in [0.25, 0.3) is 0 Å². The van der Waals surface area contributed by atoms with Gasteiger partial charge in [-0.1, -0.05) is 6.07 Å². The first-order valence-corrected chi connectivity index (χ1v) is 9.62. The average molecular weight is 368 g/mol. The van der Waals surface area contributed by atoms with E-state index in [2.05, 4.69) is 11.1 Å². The Bertz CT molecular complexity index is 754. The molecule has 7 heteroatoms. The van der Waals surface area contributed by atoms with E-state index >= 15 is 0 Å². The Morgan fingerprint density at radius 1 is 1.30 bits per heavy atom. The highest BCUT2D eigenvalue weighted by Crippen LogP contribution is 2.36. The molecule has 4 aliphatic rings. The molecule has 5 heterocycles. The van der Waals surface area contributed by atoms with Gasteiger partial charge in [0, 0.05) is 38.5 Å². The molecule has 2 atom stereocenters. The fourth-order valence-electron chi connectivity index (χ4n) is 4.48. The number of ether oxygens (including phenoxy) is 1. The Balaban J connectivity index is 1.54. The lowest BCUT2D eigenvalue weighted by molar-refractivity contribution is -0.143. The number of carbonyl (C=O) groups excluding carboxylic acids is 2. The normalized spacial score (nSPS) is 27.1. The standard InChI is InChI=1S/C20H24N4O3/c21-14-20(6-9-27-10-7-20)19(26)23-11-15-4-5-17(13-23)24(18(15)25)12-16-3-1-2-8-22-16/h1-3,8,15,17H,4-7,9-13H2/t15-,17+/m0/s1. The lowest BCUT2D eigenvalue weighted by atomic mass is 9.80. The van der Waals surface area contributed by atoms with E-state index in [4.69, 9.17) is 4.74 Å². The monoisotopic (exact) mass is 368 g/mol. The van der Waals surface area contributed by atoms with Crippen LogP contribution in [0.25, 0.3) is 0 Å². The van der Waals surface area contributed by atoms with Crippen LogP contribution < -0.4 is 0 Å². The number of fused-ring (bicyclic) bond motifs is 4. The molecular weight excluding hydrogens is 344 g/mol. The first-order chi connectivity index (χ1) is 13.1. The van der Waals surface area contributed by atoms with Crippen molar-refractivity contribution in [1.82, 2.24) is 14.8 Å². The Morgan fingerprint density at radius 3 is 2.81 bits per heavy atom. The summed E-state index contributed by atoms with van der Waals surface area (Å²) in [6.07, 6.45) is 4.28. The summed E-state index contributed by atoms with van der Waals surface area (Å²) in [6.45, 7) is 2.25. The van der Waals surface area contributed by atoms with Crippen LogP contribution in [-0.4, -0.2) is 58.9 Å². The van der Waals surface area contributed by atoms with E-state index in [9.17, 15) is 14.9 Å². The van der Waals surface area contributed by atoms with Crippen LogP contribution in [0.1, 0.15) is 31.4 Å². The Hall–Kier alpha value is -2.46. The molecule has 2 bridgehead atoms. The summed E-state index contributed by atoms with van der Waals surface area (Å²) in [4.78, 5) is 34.2. The molecule has 4 fully saturated rings. The molecule has 0 N–H and O–H groups in total. The highest BCUT2D eigenvalue weighted by atomic mass is 16.5. The van der Waals surface area contributed by atoms with Gasteiger partial charge in [0.05, 0.1) is 24.2 Å². The van der Waals surface area contributed by atoms with Gasteiger partial charge >= 0.3 is 0 Å². The van der Waals surface area contributed by atoms with Crippen molar-refractivity contribution in [1.29, 1.82) is 5.26 Å². The summed E-state index contributed by atoms with van der Waals surface area (Å²) >= 11 is 0. The summed E-state index contributed by atoms with van der Waals surface area (Å²) in [5.41, 5.74) is -0.147. The van der Waals surface area contributed by atoms with Gasteiger partial charge < -0.3 is 14.5 Å². The molecule has 142 valence electrons. The maximum atomic E-state index is 13.3. The molecule has 0 aromatic carbocycles. The van der Waals surface area contributed by atoms with Gasteiger partial charge in [0.2, 0.25) is 11.8 Å². The maximum absolute atomic E-state index is 13.3. The molecule has 1 aromatic rings. The molecule has 7 nitrogen and oxygen atoms in total. The second-order valence-electron chi connectivity index (χ2n) is 7.73. The molecule has 0 aliphatic carbocycles. The minimum Gasteiger partial charge on any atom is -0.381 e. The quantitative estimate of drug-likeness (QED) is 0.804. The SMILES string of the molecule is N#CC1(C(=O)N2C[C@@H]3CC[C@H](C2)N(Cc2ccccn2)C3=O)CCOCC1. The van der Waals surface area contributed by atoms with E-state index in [-0.39, 0.29) is 23.8 Å². The van der Waals surface area contributed by atoms with Crippen molar-refractivity contribution in [2.45, 2.75) is 38.3 Å². The van der Waals surface area contributed by atoms with Crippen molar-refractivity contribution in [3.63, 3.8) is 0 Å². The molecule has 0 radical (unpaired) electrons. The van der Waals surface area contributed by atoms with E-state index in [1.807, 2.05) is 23.1 Å². The van der Waals surface area contributed by atoms with Gasteiger partial charge in [-0.15, -0.1) is 0 Å². The number of hydrogen-bond acceptors (Lipinski definition) is 5. The van der Waals surface area contributed by atoms with E-state index < -0.39 is 5.41 Å². The highest BCUT2D eigenvalue weighted by molar-refractivity contribution is 5.87. The summed E-state index contributed by atoms with van der Waals surface area (Å²) in [5.74, 6) is -0.213. The number of aromatic nitrogens is 1. The van der Waals surface area contributed by atoms with Crippen LogP contribution in [0, 0.1) is 22.7 Å². The molecule has 4 saturated heterocycles. The summed E-state index contributed by atoms with van der Waals surface area (Å²) in [6, 6.07) is 7.94. The van der Waals surface area contributed by atoms with Crippen molar-refractivity contribution in [3.05, 3.63) is 30.1 Å². The smallest absolute Gasteiger partial charge is 0.243 e. The van der Waals surface area contributed by atoms with E-state index in [1.165, 1.54) is 0 Å². The lowest BCUT2D eigenvalue weighted by Crippen LogP contribution is -2.49. The van der Waals surface area contributed by atoms with Gasteiger partial charge in [-0.2, -0.15) is 5.26 Å². The summed E-state index contributed by atoms with van der Waals surface area (Å²) < 4.78 is 5.35. The predicted octanol–water partition coefficient (Wildman–Crippen LogP) is 1.35. The van der Waals surface area contributed by atoms with Crippen LogP contribution in [0.5, 0.6) is 0 Å². The highest BCUT2D eigenvalue weighted by Gasteiger charge is 2.48. The summed E-state index contributed by atoms with van der Waals surface area (Å²) in [5, 5.41) is 9.72. The van der Waals surface area contributed by atoms with Crippen LogP contribution in [0.4, 0.5) is 0 Å². The molecule has 2 amide bonds. The third-order valence-corrected chi connectivity index (χ3v) is 6.11. The third-order valence-electron chi connectivity index (χ3n) is 6.11. The van der Waals surface area contributed by atoms with Gasteiger partial charge in [0.1, 0.15) is 5.41 Å². The maximum Gasteiger partial charge on any atom is 0.243 e. The van der Waals surface area contributed by atoms with Gasteiger partial charge in [-0.05, 0) is 37.8 Å². The lowest BCUT2D eigenvalue weighted by Gasteiger charge is -2.36. The Morgan fingerprint density at radius 2 is 2.11 bits per heavy atom. The molecule has 0 saturated carbocycles. The topological polar surface area (TPSA) is 86.5 Å². The average Bonchev–Trinajstić information content (AvgIpc) is 3.01. The molecule has 0 unspecified atom stereocenters. The first kappa shape index (κ1) is 17.9. The van der Waals surface area contributed by atoms with Crippen LogP contribution in [-0.2, 0) is 20.9 Å². The first-order valence-electron chi connectivity index (χ1n) is 9.62. The van der Waals surface area contributed by atoms with Crippen molar-refractivity contribution < 1.29 is 14.3 Å². The number of nitrogens with zero attached hydrogens (tertiary/aromatic N) is 4. The number of nitriles is 1. The fourth-order valence-corrected chi connectivity index (χ4v) is 4.48. The zero-order chi connectivity index (χ0) is 18.9. The number of carbonyl (C=O) groups is 2. The Kier molecular flexibility index (Phi) is 4.83. The third kappa shape index (κ3) is 3.30. The summed E-state index contributed by atoms with van der Waals surface area (Å²) in [7, 11) is 0. The molecule has 0 spiro atoms. The fraction of sp³-hybridized carbons (Fsp3) is 0.600. The number of amides is 2. The largest absolute Gasteiger partial charge is 0.381 e. The van der Waals surface area contributed by atoms with E-state index in [1.54, 1.807) is 11.1 Å². The van der Waals surface area contributed by atoms with Gasteiger partial charge in [-0.3, -0.25) is 14.6 Å². The molecular formula is C20H24N4O3. The van der Waals surface area contributed by atoms with Crippen LogP contribution >= 0.6 is 0 Å². The second kappa shape index (κ2) is 7.28. The second-order valence-corrected chi connectivity index (χ2v) is 7.73. The minimum absolute atomic E-state index is 0.0159. The zero-order valence-electron chi connectivity index (χ0n) is 15.3. The van der Waals surface area contributed by atoms with Crippen molar-refractivity contribution in [2.75, 3.05) is 26.3 Å². The number of hydrogen-bond donors (Lipinski definition) is 0. The van der Waals surface area contributed by atoms with E-state index in [0.717, 1.165) is 18.5 Å². The van der Waals surface area contributed by atoms with Crippen molar-refractivity contribution in [3.8, 4) is 6.07 Å². The predicted molar refractivity (Wildman–Crippen MR) is 96.0 cm³/mol. The van der Waals surface area contributed by atoms with Gasteiger partial charge in [0.15, 0.2) is 0 Å². The molecule has 1 aromatic heterocycles. The van der Waals surface area contributed by atoms with Crippen LogP contribution in [0.3, 0.4) is 0 Å². The van der Waals surface area contributed by atoms with Crippen molar-refractivity contribution >= 4 is 11.8 Å². The van der Waals surface area contributed by atoms with Gasteiger partial charge in [-0.25, -0.2) is 0 Å². The van der Waals surface area contributed by atoms with Crippen LogP contribution in [0.2, 0.25) is 0 Å². The number of piperidine rings is 1. The molecule has 27 heavy (non-hydrogen) atoms. The van der Waals surface area contributed by atoms with Crippen molar-refractivity contribution in [2.24, 2.45) is 11.3 Å².